The normalized spacial score (nSPS) is 11.7. The van der Waals surface area contributed by atoms with Crippen molar-refractivity contribution >= 4 is 95.3 Å². The average Bonchev–Trinajstić information content (AvgIpc) is 3.11. The molecule has 0 bridgehead atoms. The van der Waals surface area contributed by atoms with Crippen molar-refractivity contribution < 1.29 is 13.2 Å². The van der Waals surface area contributed by atoms with Gasteiger partial charge in [0, 0.05) is 5.02 Å². The lowest BCUT2D eigenvalue weighted by Crippen LogP contribution is -2.14. The summed E-state index contributed by atoms with van der Waals surface area (Å²) in [5.41, 5.74) is 1.29. The Labute approximate surface area is 212 Å². The molecule has 1 heterocycles. The highest BCUT2D eigenvalue weighted by Crippen LogP contribution is 2.42. The van der Waals surface area contributed by atoms with Gasteiger partial charge in [-0.1, -0.05) is 75.4 Å². The van der Waals surface area contributed by atoms with E-state index >= 15 is 0 Å². The first-order valence-electron chi connectivity index (χ1n) is 8.75. The maximum absolute atomic E-state index is 12.8. The van der Waals surface area contributed by atoms with Crippen molar-refractivity contribution in [3.8, 4) is 10.9 Å². The summed E-state index contributed by atoms with van der Waals surface area (Å²) < 4.78 is 34.7. The molecule has 4 aromatic rings. The number of benzene rings is 3. The number of hydrogen-bond donors (Lipinski definition) is 1. The molecule has 0 fully saturated rings. The van der Waals surface area contributed by atoms with E-state index in [4.69, 9.17) is 62.7 Å². The minimum absolute atomic E-state index is 0.0141. The lowest BCUT2D eigenvalue weighted by molar-refractivity contribution is 0.481. The third-order valence-electron chi connectivity index (χ3n) is 4.29. The van der Waals surface area contributed by atoms with Gasteiger partial charge < -0.3 is 4.74 Å². The highest BCUT2D eigenvalue weighted by atomic mass is 35.5. The molecule has 3 aromatic carbocycles. The summed E-state index contributed by atoms with van der Waals surface area (Å²) in [6, 6.07) is 10.9. The molecule has 32 heavy (non-hydrogen) atoms. The third kappa shape index (κ3) is 4.75. The Morgan fingerprint density at radius 2 is 1.59 bits per heavy atom. The molecule has 0 saturated heterocycles. The lowest BCUT2D eigenvalue weighted by atomic mass is 10.2. The van der Waals surface area contributed by atoms with Gasteiger partial charge in [-0.15, -0.1) is 0 Å². The van der Waals surface area contributed by atoms with Crippen molar-refractivity contribution in [3.63, 3.8) is 0 Å². The maximum Gasteiger partial charge on any atom is 0.279 e. The van der Waals surface area contributed by atoms with Crippen LogP contribution in [0.15, 0.2) is 47.4 Å². The van der Waals surface area contributed by atoms with Gasteiger partial charge >= 0.3 is 0 Å². The molecular formula is C20H11Cl5N2O3S2. The first-order chi connectivity index (χ1) is 15.0. The Bertz CT molecular complexity index is 1450. The van der Waals surface area contributed by atoms with Gasteiger partial charge in [0.1, 0.15) is 10.4 Å². The number of aryl methyl sites for hydroxylation is 1. The van der Waals surface area contributed by atoms with Crippen molar-refractivity contribution in [2.75, 3.05) is 4.72 Å². The van der Waals surface area contributed by atoms with Gasteiger partial charge in [-0.3, -0.25) is 4.72 Å². The fraction of sp³-hybridized carbons (Fsp3) is 0.0500. The molecular weight excluding hydrogens is 558 g/mol. The van der Waals surface area contributed by atoms with Crippen LogP contribution in [0.5, 0.6) is 10.9 Å². The van der Waals surface area contributed by atoms with Crippen LogP contribution in [0.4, 0.5) is 5.69 Å². The van der Waals surface area contributed by atoms with Crippen molar-refractivity contribution in [3.05, 3.63) is 73.1 Å². The number of ether oxygens (including phenoxy) is 1. The number of nitrogens with zero attached hydrogens (tertiary/aromatic N) is 1. The summed E-state index contributed by atoms with van der Waals surface area (Å²) in [7, 11) is -4.03. The monoisotopic (exact) mass is 566 g/mol. The smallest absolute Gasteiger partial charge is 0.279 e. The number of thiazole rings is 1. The van der Waals surface area contributed by atoms with Gasteiger partial charge in [0.2, 0.25) is 0 Å². The fourth-order valence-electron chi connectivity index (χ4n) is 2.79. The van der Waals surface area contributed by atoms with Gasteiger partial charge in [-0.2, -0.15) is 0 Å². The molecule has 0 atom stereocenters. The predicted octanol–water partition coefficient (Wildman–Crippen LogP) is 8.46. The third-order valence-corrected chi connectivity index (χ3v) is 8.31. The van der Waals surface area contributed by atoms with Crippen LogP contribution in [0.2, 0.25) is 25.1 Å². The molecule has 0 radical (unpaired) electrons. The quantitative estimate of drug-likeness (QED) is 0.262. The fourth-order valence-corrected chi connectivity index (χ4v) is 6.35. The number of aromatic nitrogens is 1. The first-order valence-corrected chi connectivity index (χ1v) is 12.9. The van der Waals surface area contributed by atoms with E-state index in [9.17, 15) is 8.42 Å². The number of fused-ring (bicyclic) bond motifs is 1. The Morgan fingerprint density at radius 3 is 2.25 bits per heavy atom. The molecule has 0 saturated carbocycles. The van der Waals surface area contributed by atoms with Crippen LogP contribution < -0.4 is 9.46 Å². The summed E-state index contributed by atoms with van der Waals surface area (Å²) in [5.74, 6) is 0.131. The van der Waals surface area contributed by atoms with Crippen LogP contribution in [0.1, 0.15) is 5.56 Å². The number of sulfonamides is 1. The summed E-state index contributed by atoms with van der Waals surface area (Å²) in [4.78, 5) is 4.22. The highest BCUT2D eigenvalue weighted by molar-refractivity contribution is 7.92. The number of para-hydroxylation sites is 1. The maximum atomic E-state index is 12.8. The van der Waals surface area contributed by atoms with Crippen molar-refractivity contribution in [2.45, 2.75) is 11.8 Å². The van der Waals surface area contributed by atoms with E-state index in [0.29, 0.717) is 21.1 Å². The van der Waals surface area contributed by atoms with Crippen LogP contribution >= 0.6 is 69.3 Å². The number of halogens is 5. The van der Waals surface area contributed by atoms with Gasteiger partial charge in [-0.25, -0.2) is 13.4 Å². The Kier molecular flexibility index (Phi) is 6.71. The van der Waals surface area contributed by atoms with Crippen LogP contribution in [0.25, 0.3) is 10.2 Å². The number of rotatable bonds is 5. The van der Waals surface area contributed by atoms with Gasteiger partial charge in [0.25, 0.3) is 15.2 Å². The van der Waals surface area contributed by atoms with E-state index in [1.54, 1.807) is 13.0 Å². The molecule has 0 unspecified atom stereocenters. The average molecular weight is 569 g/mol. The van der Waals surface area contributed by atoms with Gasteiger partial charge in [0.15, 0.2) is 5.75 Å². The molecule has 166 valence electrons. The van der Waals surface area contributed by atoms with E-state index in [1.165, 1.54) is 35.6 Å². The van der Waals surface area contributed by atoms with Crippen molar-refractivity contribution in [2.24, 2.45) is 0 Å². The Hall–Kier alpha value is -1.45. The van der Waals surface area contributed by atoms with Crippen LogP contribution in [0, 0.1) is 6.92 Å². The van der Waals surface area contributed by atoms with E-state index in [-0.39, 0.29) is 36.6 Å². The molecule has 0 aliphatic rings. The van der Waals surface area contributed by atoms with Gasteiger partial charge in [0.05, 0.1) is 30.5 Å². The first kappa shape index (κ1) is 23.7. The summed E-state index contributed by atoms with van der Waals surface area (Å²) in [6.45, 7) is 1.67. The van der Waals surface area contributed by atoms with Gasteiger partial charge in [-0.05, 0) is 48.9 Å². The Morgan fingerprint density at radius 1 is 0.906 bits per heavy atom. The van der Waals surface area contributed by atoms with Crippen LogP contribution in [-0.2, 0) is 10.0 Å². The topological polar surface area (TPSA) is 68.3 Å². The van der Waals surface area contributed by atoms with E-state index < -0.39 is 10.0 Å². The molecule has 0 amide bonds. The summed E-state index contributed by atoms with van der Waals surface area (Å²) >= 11 is 32.2. The van der Waals surface area contributed by atoms with E-state index in [0.717, 1.165) is 4.70 Å². The minimum atomic E-state index is -4.03. The summed E-state index contributed by atoms with van der Waals surface area (Å²) in [5, 5.41) is 1.29. The second kappa shape index (κ2) is 9.06. The standard InChI is InChI=1S/C20H11Cl5N2O3S2/c1-9-5-17(13(23)8-12(9)22)32(28,29)27-10-6-14(24)19(15(25)7-10)30-20-26-18-11(21)3-2-4-16(18)31-20/h2-8,27H,1H3. The zero-order valence-corrected chi connectivity index (χ0v) is 21.3. The van der Waals surface area contributed by atoms with E-state index in [1.807, 2.05) is 12.1 Å². The minimum Gasteiger partial charge on any atom is -0.428 e. The summed E-state index contributed by atoms with van der Waals surface area (Å²) in [6.07, 6.45) is 0. The molecule has 0 spiro atoms. The van der Waals surface area contributed by atoms with Crippen LogP contribution in [0.3, 0.4) is 0 Å². The zero-order chi connectivity index (χ0) is 23.2. The SMILES string of the molecule is Cc1cc(S(=O)(=O)Nc2cc(Cl)c(Oc3nc4c(Cl)cccc4s3)c(Cl)c2)c(Cl)cc1Cl. The Balaban J connectivity index is 1.64. The molecule has 1 aromatic heterocycles. The van der Waals surface area contributed by atoms with Crippen molar-refractivity contribution in [1.29, 1.82) is 0 Å². The molecule has 5 nitrogen and oxygen atoms in total. The largest absolute Gasteiger partial charge is 0.428 e. The molecule has 12 heteroatoms. The lowest BCUT2D eigenvalue weighted by Gasteiger charge is -2.13. The highest BCUT2D eigenvalue weighted by Gasteiger charge is 2.22. The van der Waals surface area contributed by atoms with Crippen molar-refractivity contribution in [1.82, 2.24) is 4.98 Å². The molecule has 0 aliphatic heterocycles. The number of nitrogens with one attached hydrogen (secondary N) is 1. The van der Waals surface area contributed by atoms with E-state index in [2.05, 4.69) is 9.71 Å². The predicted molar refractivity (Wildman–Crippen MR) is 133 cm³/mol. The zero-order valence-electron chi connectivity index (χ0n) is 15.9. The molecule has 0 aliphatic carbocycles. The second-order valence-electron chi connectivity index (χ2n) is 6.57. The molecule has 1 N–H and O–H groups in total. The van der Waals surface area contributed by atoms with Crippen LogP contribution in [-0.4, -0.2) is 13.4 Å². The number of anilines is 1. The molecule has 4 rings (SSSR count). The second-order valence-corrected chi connectivity index (χ2v) is 11.3. The number of hydrogen-bond acceptors (Lipinski definition) is 5.